The van der Waals surface area contributed by atoms with Gasteiger partial charge in [0.2, 0.25) is 0 Å². The summed E-state index contributed by atoms with van der Waals surface area (Å²) >= 11 is 0. The van der Waals surface area contributed by atoms with Crippen molar-refractivity contribution in [2.75, 3.05) is 33.4 Å². The predicted molar refractivity (Wildman–Crippen MR) is 132 cm³/mol. The van der Waals surface area contributed by atoms with E-state index in [1.807, 2.05) is 12.1 Å². The smallest absolute Gasteiger partial charge is 0.132 e. The Hall–Kier alpha value is -2.76. The molecule has 0 aliphatic carbocycles. The van der Waals surface area contributed by atoms with E-state index in [2.05, 4.69) is 52.8 Å². The van der Waals surface area contributed by atoms with Gasteiger partial charge in [0, 0.05) is 13.2 Å². The summed E-state index contributed by atoms with van der Waals surface area (Å²) in [4.78, 5) is 4.65. The molecule has 1 atom stereocenters. The van der Waals surface area contributed by atoms with Crippen LogP contribution in [0.3, 0.4) is 0 Å². The van der Waals surface area contributed by atoms with Crippen LogP contribution in [0.1, 0.15) is 24.8 Å². The van der Waals surface area contributed by atoms with E-state index in [1.165, 1.54) is 17.4 Å². The summed E-state index contributed by atoms with van der Waals surface area (Å²) in [5.74, 6) is 2.64. The highest BCUT2D eigenvalue weighted by molar-refractivity contribution is 6.06. The number of methoxy groups -OCH3 is 1. The third-order valence-electron chi connectivity index (χ3n) is 5.99. The Bertz CT molecular complexity index is 1090. The minimum absolute atomic E-state index is 0. The van der Waals surface area contributed by atoms with Gasteiger partial charge in [-0.3, -0.25) is 4.99 Å². The van der Waals surface area contributed by atoms with Crippen molar-refractivity contribution < 1.29 is 14.2 Å². The molecular formula is C26H29ClN2O3. The van der Waals surface area contributed by atoms with E-state index in [4.69, 9.17) is 14.2 Å². The lowest BCUT2D eigenvalue weighted by Crippen LogP contribution is -2.27. The fraction of sp³-hybridized carbons (Fsp3) is 0.346. The van der Waals surface area contributed by atoms with Crippen LogP contribution in [-0.2, 0) is 4.74 Å². The molecule has 3 aromatic carbocycles. The Balaban J connectivity index is 0.00000245. The second kappa shape index (κ2) is 10.2. The van der Waals surface area contributed by atoms with E-state index in [9.17, 15) is 0 Å². The lowest BCUT2D eigenvalue weighted by atomic mass is 9.99. The summed E-state index contributed by atoms with van der Waals surface area (Å²) in [6.45, 7) is 3.07. The first-order valence-corrected chi connectivity index (χ1v) is 11.1. The molecule has 3 aromatic rings. The normalized spacial score (nSPS) is 17.9. The summed E-state index contributed by atoms with van der Waals surface area (Å²) in [6, 6.07) is 19.0. The zero-order valence-electron chi connectivity index (χ0n) is 18.3. The van der Waals surface area contributed by atoms with Crippen LogP contribution in [0.5, 0.6) is 11.5 Å². The topological polar surface area (TPSA) is 52.1 Å². The SMILES string of the molecule is COc1ccc(-c2ccc3cc(OCC4CCCCO4)c(C4=NCCN4)cc3c2)cc1.Cl. The Labute approximate surface area is 195 Å². The third-order valence-corrected chi connectivity index (χ3v) is 5.99. The summed E-state index contributed by atoms with van der Waals surface area (Å²) < 4.78 is 17.4. The molecule has 0 saturated carbocycles. The molecule has 2 aliphatic heterocycles. The first-order chi connectivity index (χ1) is 15.3. The maximum absolute atomic E-state index is 6.28. The molecule has 0 aromatic heterocycles. The second-order valence-electron chi connectivity index (χ2n) is 8.10. The van der Waals surface area contributed by atoms with Crippen LogP contribution in [0.4, 0.5) is 0 Å². The van der Waals surface area contributed by atoms with E-state index < -0.39 is 0 Å². The highest BCUT2D eigenvalue weighted by Gasteiger charge is 2.19. The van der Waals surface area contributed by atoms with Crippen LogP contribution >= 0.6 is 12.4 Å². The van der Waals surface area contributed by atoms with Gasteiger partial charge in [-0.2, -0.15) is 0 Å². The molecule has 0 amide bonds. The van der Waals surface area contributed by atoms with Gasteiger partial charge in [-0.1, -0.05) is 24.3 Å². The molecule has 5 rings (SSSR count). The van der Waals surface area contributed by atoms with Crippen molar-refractivity contribution in [2.24, 2.45) is 4.99 Å². The average Bonchev–Trinajstić information content (AvgIpc) is 3.37. The molecule has 1 saturated heterocycles. The molecule has 0 radical (unpaired) electrons. The maximum Gasteiger partial charge on any atom is 0.132 e. The van der Waals surface area contributed by atoms with Crippen molar-refractivity contribution in [3.05, 3.63) is 60.2 Å². The second-order valence-corrected chi connectivity index (χ2v) is 8.10. The Morgan fingerprint density at radius 3 is 2.56 bits per heavy atom. The molecule has 32 heavy (non-hydrogen) atoms. The Morgan fingerprint density at radius 1 is 1.00 bits per heavy atom. The number of rotatable bonds is 6. The number of hydrogen-bond donors (Lipinski definition) is 1. The van der Waals surface area contributed by atoms with E-state index in [0.717, 1.165) is 66.4 Å². The van der Waals surface area contributed by atoms with E-state index >= 15 is 0 Å². The third kappa shape index (κ3) is 4.84. The van der Waals surface area contributed by atoms with Crippen LogP contribution in [0.2, 0.25) is 0 Å². The van der Waals surface area contributed by atoms with Crippen LogP contribution in [0.15, 0.2) is 59.6 Å². The van der Waals surface area contributed by atoms with Gasteiger partial charge in [0.15, 0.2) is 0 Å². The molecule has 1 unspecified atom stereocenters. The van der Waals surface area contributed by atoms with Gasteiger partial charge in [-0.15, -0.1) is 12.4 Å². The van der Waals surface area contributed by atoms with Gasteiger partial charge in [-0.25, -0.2) is 0 Å². The van der Waals surface area contributed by atoms with Crippen molar-refractivity contribution in [2.45, 2.75) is 25.4 Å². The molecule has 2 heterocycles. The van der Waals surface area contributed by atoms with Crippen LogP contribution < -0.4 is 14.8 Å². The van der Waals surface area contributed by atoms with Crippen molar-refractivity contribution in [1.82, 2.24) is 5.32 Å². The van der Waals surface area contributed by atoms with Gasteiger partial charge < -0.3 is 19.5 Å². The Morgan fingerprint density at radius 2 is 1.84 bits per heavy atom. The molecule has 5 nitrogen and oxygen atoms in total. The molecule has 0 spiro atoms. The molecule has 168 valence electrons. The van der Waals surface area contributed by atoms with Crippen molar-refractivity contribution in [1.29, 1.82) is 0 Å². The molecule has 1 N–H and O–H groups in total. The monoisotopic (exact) mass is 452 g/mol. The molecule has 6 heteroatoms. The fourth-order valence-electron chi connectivity index (χ4n) is 4.24. The van der Waals surface area contributed by atoms with E-state index in [1.54, 1.807) is 7.11 Å². The molecule has 2 aliphatic rings. The number of aliphatic imine (C=N–C) groups is 1. The first kappa shape index (κ1) is 22.4. The average molecular weight is 453 g/mol. The number of hydrogen-bond acceptors (Lipinski definition) is 5. The minimum atomic E-state index is 0. The van der Waals surface area contributed by atoms with Gasteiger partial charge in [-0.05, 0) is 71.5 Å². The highest BCUT2D eigenvalue weighted by Crippen LogP contribution is 2.31. The maximum atomic E-state index is 6.28. The number of nitrogens with zero attached hydrogens (tertiary/aromatic N) is 1. The summed E-state index contributed by atoms with van der Waals surface area (Å²) in [7, 11) is 1.69. The molecule has 0 bridgehead atoms. The largest absolute Gasteiger partial charge is 0.497 e. The standard InChI is InChI=1S/C26H28N2O3.ClH/c1-29-22-9-7-18(8-10-22)19-5-6-20-16-25(31-17-23-4-2-3-13-30-23)24(15-21(20)14-19)26-27-11-12-28-26;/h5-10,14-16,23H,2-4,11-13,17H2,1H3,(H,27,28);1H. The summed E-state index contributed by atoms with van der Waals surface area (Å²) in [5, 5.41) is 5.72. The van der Waals surface area contributed by atoms with Crippen molar-refractivity contribution >= 4 is 29.0 Å². The van der Waals surface area contributed by atoms with E-state index in [-0.39, 0.29) is 18.5 Å². The van der Waals surface area contributed by atoms with Gasteiger partial charge in [0.1, 0.15) is 23.9 Å². The number of halogens is 1. The lowest BCUT2D eigenvalue weighted by molar-refractivity contribution is -0.0110. The van der Waals surface area contributed by atoms with Gasteiger partial charge in [0.25, 0.3) is 0 Å². The summed E-state index contributed by atoms with van der Waals surface area (Å²) in [6.07, 6.45) is 3.59. The zero-order valence-corrected chi connectivity index (χ0v) is 19.1. The quantitative estimate of drug-likeness (QED) is 0.556. The number of fused-ring (bicyclic) bond motifs is 1. The number of ether oxygens (including phenoxy) is 3. The number of benzene rings is 3. The molecular weight excluding hydrogens is 424 g/mol. The highest BCUT2D eigenvalue weighted by atomic mass is 35.5. The molecule has 1 fully saturated rings. The summed E-state index contributed by atoms with van der Waals surface area (Å²) in [5.41, 5.74) is 3.36. The number of nitrogens with one attached hydrogen (secondary N) is 1. The lowest BCUT2D eigenvalue weighted by Gasteiger charge is -2.23. The van der Waals surface area contributed by atoms with E-state index in [0.29, 0.717) is 6.61 Å². The fourth-order valence-corrected chi connectivity index (χ4v) is 4.24. The van der Waals surface area contributed by atoms with Gasteiger partial charge in [0.05, 0.1) is 25.3 Å². The van der Waals surface area contributed by atoms with Crippen LogP contribution in [0, 0.1) is 0 Å². The van der Waals surface area contributed by atoms with Crippen LogP contribution in [0.25, 0.3) is 21.9 Å². The van der Waals surface area contributed by atoms with Crippen molar-refractivity contribution in [3.8, 4) is 22.6 Å². The Kier molecular flexibility index (Phi) is 7.18. The zero-order chi connectivity index (χ0) is 21.0. The minimum Gasteiger partial charge on any atom is -0.497 e. The predicted octanol–water partition coefficient (Wildman–Crippen LogP) is 5.23. The van der Waals surface area contributed by atoms with Crippen molar-refractivity contribution in [3.63, 3.8) is 0 Å². The first-order valence-electron chi connectivity index (χ1n) is 11.1. The number of amidine groups is 1. The van der Waals surface area contributed by atoms with Crippen LogP contribution in [-0.4, -0.2) is 45.4 Å². The van der Waals surface area contributed by atoms with Gasteiger partial charge >= 0.3 is 0 Å².